The van der Waals surface area contributed by atoms with Gasteiger partial charge in [0, 0.05) is 12.5 Å². The summed E-state index contributed by atoms with van der Waals surface area (Å²) in [4.78, 5) is 11.7. The first kappa shape index (κ1) is 15.4. The summed E-state index contributed by atoms with van der Waals surface area (Å²) >= 11 is 0. The molecular formula is C10H22N2O3S. The lowest BCUT2D eigenvalue weighted by molar-refractivity contribution is -0.125. The average molecular weight is 250 g/mol. The number of primary sulfonamides is 1. The van der Waals surface area contributed by atoms with Crippen LogP contribution in [0.2, 0.25) is 0 Å². The minimum atomic E-state index is -3.48. The Balaban J connectivity index is 4.00. The highest BCUT2D eigenvalue weighted by Crippen LogP contribution is 2.13. The number of sulfonamides is 1. The van der Waals surface area contributed by atoms with Crippen LogP contribution in [0.3, 0.4) is 0 Å². The van der Waals surface area contributed by atoms with Gasteiger partial charge in [-0.2, -0.15) is 0 Å². The van der Waals surface area contributed by atoms with Gasteiger partial charge in [-0.15, -0.1) is 0 Å². The quantitative estimate of drug-likeness (QED) is 0.661. The Kier molecular flexibility index (Phi) is 7.33. The number of carbonyl (C=O) groups is 1. The Morgan fingerprint density at radius 1 is 1.25 bits per heavy atom. The van der Waals surface area contributed by atoms with Crippen molar-refractivity contribution in [2.75, 3.05) is 12.3 Å². The molecule has 0 bridgehead atoms. The molecule has 0 spiro atoms. The normalized spacial score (nSPS) is 11.8. The summed E-state index contributed by atoms with van der Waals surface area (Å²) in [7, 11) is -3.48. The third kappa shape index (κ3) is 7.64. The zero-order valence-corrected chi connectivity index (χ0v) is 10.8. The molecule has 0 heterocycles. The second kappa shape index (κ2) is 7.62. The second-order valence-corrected chi connectivity index (χ2v) is 5.67. The van der Waals surface area contributed by atoms with Crippen LogP contribution in [0.15, 0.2) is 0 Å². The van der Waals surface area contributed by atoms with Crippen LogP contribution in [0.25, 0.3) is 0 Å². The maximum Gasteiger partial charge on any atom is 0.223 e. The van der Waals surface area contributed by atoms with Gasteiger partial charge in [0.25, 0.3) is 0 Å². The summed E-state index contributed by atoms with van der Waals surface area (Å²) in [5, 5.41) is 7.45. The maximum absolute atomic E-state index is 11.7. The second-order valence-electron chi connectivity index (χ2n) is 3.93. The van der Waals surface area contributed by atoms with Crippen LogP contribution in [0.5, 0.6) is 0 Å². The molecule has 16 heavy (non-hydrogen) atoms. The van der Waals surface area contributed by atoms with E-state index in [1.807, 2.05) is 13.8 Å². The molecule has 0 aliphatic heterocycles. The molecule has 96 valence electrons. The molecule has 1 amide bonds. The molecule has 0 fully saturated rings. The van der Waals surface area contributed by atoms with E-state index in [2.05, 4.69) is 5.32 Å². The summed E-state index contributed by atoms with van der Waals surface area (Å²) in [6, 6.07) is 0. The van der Waals surface area contributed by atoms with Crippen molar-refractivity contribution in [3.05, 3.63) is 0 Å². The van der Waals surface area contributed by atoms with Crippen molar-refractivity contribution in [1.82, 2.24) is 5.32 Å². The minimum absolute atomic E-state index is 0.00419. The average Bonchev–Trinajstić information content (AvgIpc) is 2.15. The highest BCUT2D eigenvalue weighted by atomic mass is 32.2. The highest BCUT2D eigenvalue weighted by molar-refractivity contribution is 7.89. The predicted molar refractivity (Wildman–Crippen MR) is 64.3 cm³/mol. The van der Waals surface area contributed by atoms with Gasteiger partial charge in [-0.1, -0.05) is 26.7 Å². The van der Waals surface area contributed by atoms with Gasteiger partial charge in [-0.3, -0.25) is 4.79 Å². The van der Waals surface area contributed by atoms with Gasteiger partial charge in [-0.25, -0.2) is 13.6 Å². The van der Waals surface area contributed by atoms with E-state index in [1.54, 1.807) is 0 Å². The van der Waals surface area contributed by atoms with E-state index in [1.165, 1.54) is 0 Å². The molecule has 0 rings (SSSR count). The first-order valence-electron chi connectivity index (χ1n) is 5.68. The molecule has 5 nitrogen and oxygen atoms in total. The van der Waals surface area contributed by atoms with Crippen molar-refractivity contribution in [1.29, 1.82) is 0 Å². The van der Waals surface area contributed by atoms with E-state index in [0.717, 1.165) is 25.7 Å². The Hall–Kier alpha value is -0.620. The molecule has 0 aromatic carbocycles. The van der Waals surface area contributed by atoms with E-state index in [0.29, 0.717) is 0 Å². The molecule has 0 aromatic rings. The largest absolute Gasteiger partial charge is 0.355 e. The van der Waals surface area contributed by atoms with Crippen LogP contribution >= 0.6 is 0 Å². The third-order valence-corrected chi connectivity index (χ3v) is 3.10. The molecule has 0 unspecified atom stereocenters. The molecule has 6 heteroatoms. The van der Waals surface area contributed by atoms with Crippen molar-refractivity contribution in [2.45, 2.75) is 39.5 Å². The lowest BCUT2D eigenvalue weighted by atomic mass is 9.97. The molecule has 0 aliphatic rings. The number of amides is 1. The van der Waals surface area contributed by atoms with E-state index in [-0.39, 0.29) is 24.1 Å². The summed E-state index contributed by atoms with van der Waals surface area (Å²) in [6.07, 6.45) is 3.59. The zero-order chi connectivity index (χ0) is 12.6. The van der Waals surface area contributed by atoms with Gasteiger partial charge in [0.15, 0.2) is 0 Å². The van der Waals surface area contributed by atoms with Gasteiger partial charge in [-0.05, 0) is 12.8 Å². The van der Waals surface area contributed by atoms with Crippen LogP contribution in [0, 0.1) is 5.92 Å². The molecule has 0 atom stereocenters. The van der Waals surface area contributed by atoms with Crippen molar-refractivity contribution in [3.8, 4) is 0 Å². The molecule has 0 radical (unpaired) electrons. The number of carbonyl (C=O) groups excluding carboxylic acids is 1. The summed E-state index contributed by atoms with van der Waals surface area (Å²) in [5.41, 5.74) is 0. The highest BCUT2D eigenvalue weighted by Gasteiger charge is 2.16. The zero-order valence-electron chi connectivity index (χ0n) is 10.0. The molecular weight excluding hydrogens is 228 g/mol. The molecule has 0 saturated heterocycles. The first-order valence-corrected chi connectivity index (χ1v) is 7.40. The summed E-state index contributed by atoms with van der Waals surface area (Å²) in [5.74, 6) is -0.271. The van der Waals surface area contributed by atoms with E-state index in [4.69, 9.17) is 5.14 Å². The van der Waals surface area contributed by atoms with Crippen LogP contribution in [0.4, 0.5) is 0 Å². The first-order chi connectivity index (χ1) is 7.40. The molecule has 0 saturated carbocycles. The Morgan fingerprint density at radius 3 is 2.12 bits per heavy atom. The van der Waals surface area contributed by atoms with Crippen molar-refractivity contribution in [3.63, 3.8) is 0 Å². The fourth-order valence-corrected chi connectivity index (χ4v) is 1.95. The SMILES string of the molecule is CCCC(CCC)C(=O)NCCS(N)(=O)=O. The molecule has 0 aliphatic carbocycles. The van der Waals surface area contributed by atoms with Crippen LogP contribution in [-0.4, -0.2) is 26.6 Å². The van der Waals surface area contributed by atoms with E-state index >= 15 is 0 Å². The van der Waals surface area contributed by atoms with E-state index in [9.17, 15) is 13.2 Å². The predicted octanol–water partition coefficient (Wildman–Crippen LogP) is 0.608. The Labute approximate surface area is 97.8 Å². The van der Waals surface area contributed by atoms with Gasteiger partial charge in [0.1, 0.15) is 0 Å². The van der Waals surface area contributed by atoms with Gasteiger partial charge in [0.05, 0.1) is 5.75 Å². The fraction of sp³-hybridized carbons (Fsp3) is 0.900. The third-order valence-electron chi connectivity index (χ3n) is 2.33. The number of rotatable bonds is 8. The fourth-order valence-electron chi connectivity index (χ4n) is 1.56. The van der Waals surface area contributed by atoms with Crippen LogP contribution in [0.1, 0.15) is 39.5 Å². The molecule has 0 aromatic heterocycles. The number of nitrogens with two attached hydrogens (primary N) is 1. The number of hydrogen-bond donors (Lipinski definition) is 2. The smallest absolute Gasteiger partial charge is 0.223 e. The maximum atomic E-state index is 11.7. The van der Waals surface area contributed by atoms with Crippen molar-refractivity contribution >= 4 is 15.9 Å². The number of hydrogen-bond acceptors (Lipinski definition) is 3. The van der Waals surface area contributed by atoms with Gasteiger partial charge in [0.2, 0.25) is 15.9 Å². The minimum Gasteiger partial charge on any atom is -0.355 e. The summed E-state index contributed by atoms with van der Waals surface area (Å²) < 4.78 is 21.3. The Morgan fingerprint density at radius 2 is 1.75 bits per heavy atom. The van der Waals surface area contributed by atoms with Crippen LogP contribution in [-0.2, 0) is 14.8 Å². The standard InChI is InChI=1S/C10H22N2O3S/c1-3-5-9(6-4-2)10(13)12-7-8-16(11,14)15/h9H,3-8H2,1-2H3,(H,12,13)(H2,11,14,15). The molecule has 3 N–H and O–H groups in total. The Bertz CT molecular complexity index is 295. The summed E-state index contributed by atoms with van der Waals surface area (Å²) in [6.45, 7) is 4.15. The van der Waals surface area contributed by atoms with Gasteiger partial charge < -0.3 is 5.32 Å². The van der Waals surface area contributed by atoms with Crippen molar-refractivity contribution in [2.24, 2.45) is 11.1 Å². The monoisotopic (exact) mass is 250 g/mol. The number of nitrogens with one attached hydrogen (secondary N) is 1. The lowest BCUT2D eigenvalue weighted by Gasteiger charge is -2.14. The van der Waals surface area contributed by atoms with Crippen LogP contribution < -0.4 is 10.5 Å². The lowest BCUT2D eigenvalue weighted by Crippen LogP contribution is -2.35. The van der Waals surface area contributed by atoms with Crippen molar-refractivity contribution < 1.29 is 13.2 Å². The topological polar surface area (TPSA) is 89.3 Å². The van der Waals surface area contributed by atoms with E-state index < -0.39 is 10.0 Å². The van der Waals surface area contributed by atoms with Gasteiger partial charge >= 0.3 is 0 Å².